The zero-order chi connectivity index (χ0) is 10.8. The van der Waals surface area contributed by atoms with Crippen LogP contribution in [0.3, 0.4) is 0 Å². The third kappa shape index (κ3) is 2.09. The Bertz CT molecular complexity index is 318. The predicted octanol–water partition coefficient (Wildman–Crippen LogP) is -0.884. The molecule has 1 fully saturated rings. The molecule has 0 amide bonds. The van der Waals surface area contributed by atoms with Crippen molar-refractivity contribution in [2.24, 2.45) is 0 Å². The number of aliphatic hydroxyl groups is 3. The summed E-state index contributed by atoms with van der Waals surface area (Å²) in [6, 6.07) is 3.55. The van der Waals surface area contributed by atoms with E-state index in [9.17, 15) is 10.2 Å². The van der Waals surface area contributed by atoms with Gasteiger partial charge in [0.2, 0.25) is 0 Å². The first-order valence-electron chi connectivity index (χ1n) is 4.87. The van der Waals surface area contributed by atoms with Crippen LogP contribution in [0.1, 0.15) is 5.56 Å². The Balaban J connectivity index is 2.10. The van der Waals surface area contributed by atoms with E-state index in [0.29, 0.717) is 18.9 Å². The number of anilines is 1. The molecule has 2 atom stereocenters. The lowest BCUT2D eigenvalue weighted by Gasteiger charge is -2.16. The van der Waals surface area contributed by atoms with E-state index in [1.807, 2.05) is 4.90 Å². The molecular weight excluding hydrogens is 196 g/mol. The summed E-state index contributed by atoms with van der Waals surface area (Å²) in [6.07, 6.45) is 0.181. The first kappa shape index (κ1) is 10.4. The van der Waals surface area contributed by atoms with E-state index in [0.717, 1.165) is 5.56 Å². The number of aliphatic hydroxyl groups excluding tert-OH is 3. The van der Waals surface area contributed by atoms with Gasteiger partial charge in [0.05, 0.1) is 18.8 Å². The average Bonchev–Trinajstić information content (AvgIpc) is 2.59. The van der Waals surface area contributed by atoms with Crippen LogP contribution >= 0.6 is 0 Å². The van der Waals surface area contributed by atoms with E-state index in [1.165, 1.54) is 0 Å². The van der Waals surface area contributed by atoms with E-state index < -0.39 is 12.2 Å². The molecule has 1 saturated heterocycles. The molecule has 2 heterocycles. The van der Waals surface area contributed by atoms with Gasteiger partial charge in [0.25, 0.3) is 0 Å². The number of rotatable bonds is 2. The maximum absolute atomic E-state index is 9.37. The topological polar surface area (TPSA) is 76.8 Å². The Morgan fingerprint density at radius 3 is 2.40 bits per heavy atom. The number of pyridine rings is 1. The summed E-state index contributed by atoms with van der Waals surface area (Å²) in [5.74, 6) is 0.711. The van der Waals surface area contributed by atoms with Crippen molar-refractivity contribution in [1.82, 2.24) is 4.98 Å². The van der Waals surface area contributed by atoms with Gasteiger partial charge < -0.3 is 20.2 Å². The smallest absolute Gasteiger partial charge is 0.128 e. The number of hydrogen-bond donors (Lipinski definition) is 3. The van der Waals surface area contributed by atoms with Gasteiger partial charge in [-0.2, -0.15) is 0 Å². The fourth-order valence-electron chi connectivity index (χ4n) is 1.65. The molecule has 1 aromatic heterocycles. The second-order valence-corrected chi connectivity index (χ2v) is 3.72. The lowest BCUT2D eigenvalue weighted by atomic mass is 10.3. The first-order valence-corrected chi connectivity index (χ1v) is 4.87. The monoisotopic (exact) mass is 210 g/mol. The van der Waals surface area contributed by atoms with Crippen molar-refractivity contribution in [3.05, 3.63) is 23.9 Å². The molecule has 0 spiro atoms. The van der Waals surface area contributed by atoms with E-state index in [2.05, 4.69) is 4.98 Å². The lowest BCUT2D eigenvalue weighted by molar-refractivity contribution is 0.0572. The average molecular weight is 210 g/mol. The molecule has 0 bridgehead atoms. The van der Waals surface area contributed by atoms with Crippen LogP contribution in [0.15, 0.2) is 18.3 Å². The number of β-amino-alcohol motifs (C(OH)–C–C–N with tert-alkyl or cyclic N) is 2. The Kier molecular flexibility index (Phi) is 2.86. The van der Waals surface area contributed by atoms with Crippen LogP contribution in [0, 0.1) is 0 Å². The summed E-state index contributed by atoms with van der Waals surface area (Å²) in [5, 5.41) is 27.6. The van der Waals surface area contributed by atoms with Gasteiger partial charge >= 0.3 is 0 Å². The molecule has 0 aromatic carbocycles. The van der Waals surface area contributed by atoms with Crippen LogP contribution < -0.4 is 4.90 Å². The van der Waals surface area contributed by atoms with E-state index in [1.54, 1.807) is 18.3 Å². The maximum Gasteiger partial charge on any atom is 0.128 e. The van der Waals surface area contributed by atoms with Gasteiger partial charge in [0, 0.05) is 19.3 Å². The lowest BCUT2D eigenvalue weighted by Crippen LogP contribution is -2.22. The zero-order valence-corrected chi connectivity index (χ0v) is 8.24. The number of aromatic nitrogens is 1. The van der Waals surface area contributed by atoms with Crippen LogP contribution in [-0.2, 0) is 6.61 Å². The van der Waals surface area contributed by atoms with Crippen molar-refractivity contribution in [1.29, 1.82) is 0 Å². The Hall–Kier alpha value is -1.17. The SMILES string of the molecule is OCc1ccc(N2CC(O)C(O)C2)nc1. The molecule has 5 heteroatoms. The van der Waals surface area contributed by atoms with Crippen molar-refractivity contribution in [3.8, 4) is 0 Å². The normalized spacial score (nSPS) is 25.9. The summed E-state index contributed by atoms with van der Waals surface area (Å²) in [5.41, 5.74) is 0.749. The van der Waals surface area contributed by atoms with E-state index >= 15 is 0 Å². The van der Waals surface area contributed by atoms with Crippen molar-refractivity contribution >= 4 is 5.82 Å². The molecule has 2 rings (SSSR count). The molecule has 5 nitrogen and oxygen atoms in total. The highest BCUT2D eigenvalue weighted by Crippen LogP contribution is 2.18. The fourth-order valence-corrected chi connectivity index (χ4v) is 1.65. The van der Waals surface area contributed by atoms with Crippen LogP contribution in [0.25, 0.3) is 0 Å². The van der Waals surface area contributed by atoms with Gasteiger partial charge in [-0.3, -0.25) is 0 Å². The fraction of sp³-hybridized carbons (Fsp3) is 0.500. The molecule has 0 radical (unpaired) electrons. The minimum absolute atomic E-state index is 0.0292. The zero-order valence-electron chi connectivity index (χ0n) is 8.24. The van der Waals surface area contributed by atoms with Gasteiger partial charge in [0.1, 0.15) is 5.82 Å². The molecule has 0 aliphatic carbocycles. The molecule has 3 N–H and O–H groups in total. The van der Waals surface area contributed by atoms with E-state index in [4.69, 9.17) is 5.11 Å². The van der Waals surface area contributed by atoms with Crippen LogP contribution in [0.4, 0.5) is 5.82 Å². The molecule has 1 aliphatic heterocycles. The van der Waals surface area contributed by atoms with Crippen molar-refractivity contribution in [2.45, 2.75) is 18.8 Å². The summed E-state index contributed by atoms with van der Waals surface area (Å²) in [7, 11) is 0. The second-order valence-electron chi connectivity index (χ2n) is 3.72. The van der Waals surface area contributed by atoms with Gasteiger partial charge in [-0.25, -0.2) is 4.98 Å². The quantitative estimate of drug-likeness (QED) is 0.590. The third-order valence-electron chi connectivity index (χ3n) is 2.57. The summed E-state index contributed by atoms with van der Waals surface area (Å²) in [4.78, 5) is 5.96. The number of nitrogens with zero attached hydrogens (tertiary/aromatic N) is 2. The third-order valence-corrected chi connectivity index (χ3v) is 2.57. The molecular formula is C10H14N2O3. The van der Waals surface area contributed by atoms with Crippen molar-refractivity contribution in [3.63, 3.8) is 0 Å². The summed E-state index contributed by atoms with van der Waals surface area (Å²) in [6.45, 7) is 0.762. The van der Waals surface area contributed by atoms with Gasteiger partial charge in [-0.15, -0.1) is 0 Å². The van der Waals surface area contributed by atoms with Crippen molar-refractivity contribution in [2.75, 3.05) is 18.0 Å². The summed E-state index contributed by atoms with van der Waals surface area (Å²) < 4.78 is 0. The van der Waals surface area contributed by atoms with Gasteiger partial charge in [-0.1, -0.05) is 6.07 Å². The van der Waals surface area contributed by atoms with Crippen LogP contribution in [0.5, 0.6) is 0 Å². The minimum atomic E-state index is -0.704. The molecule has 2 unspecified atom stereocenters. The Labute approximate surface area is 87.6 Å². The number of hydrogen-bond acceptors (Lipinski definition) is 5. The Morgan fingerprint density at radius 2 is 1.93 bits per heavy atom. The Morgan fingerprint density at radius 1 is 1.27 bits per heavy atom. The largest absolute Gasteiger partial charge is 0.392 e. The maximum atomic E-state index is 9.37. The first-order chi connectivity index (χ1) is 7.20. The van der Waals surface area contributed by atoms with Crippen LogP contribution in [0.2, 0.25) is 0 Å². The highest BCUT2D eigenvalue weighted by Gasteiger charge is 2.30. The molecule has 1 aromatic rings. The second kappa shape index (κ2) is 4.14. The highest BCUT2D eigenvalue weighted by molar-refractivity contribution is 5.41. The highest BCUT2D eigenvalue weighted by atomic mass is 16.3. The van der Waals surface area contributed by atoms with Gasteiger partial charge in [-0.05, 0) is 11.6 Å². The molecule has 15 heavy (non-hydrogen) atoms. The molecule has 82 valence electrons. The van der Waals surface area contributed by atoms with Crippen molar-refractivity contribution < 1.29 is 15.3 Å². The molecule has 1 aliphatic rings. The molecule has 0 saturated carbocycles. The van der Waals surface area contributed by atoms with Gasteiger partial charge in [0.15, 0.2) is 0 Å². The van der Waals surface area contributed by atoms with E-state index in [-0.39, 0.29) is 6.61 Å². The standard InChI is InChI=1S/C10H14N2O3/c13-6-7-1-2-10(11-3-7)12-4-8(14)9(15)5-12/h1-3,8-9,13-15H,4-6H2. The van der Waals surface area contributed by atoms with Crippen LogP contribution in [-0.4, -0.2) is 45.6 Å². The summed E-state index contributed by atoms with van der Waals surface area (Å²) >= 11 is 0. The predicted molar refractivity (Wildman–Crippen MR) is 54.4 cm³/mol. The minimum Gasteiger partial charge on any atom is -0.392 e.